The Morgan fingerprint density at radius 3 is 2.80 bits per heavy atom. The Hall–Kier alpha value is -2.56. The molecule has 0 spiro atoms. The number of nitrogens with zero attached hydrogens (tertiary/aromatic N) is 1. The van der Waals surface area contributed by atoms with Crippen LogP contribution < -0.4 is 14.8 Å². The first-order valence-electron chi connectivity index (χ1n) is 6.14. The monoisotopic (exact) mass is 272 g/mol. The molecule has 5 nitrogen and oxygen atoms in total. The molecule has 0 saturated carbocycles. The normalized spacial score (nSPS) is 9.90. The van der Waals surface area contributed by atoms with Crippen molar-refractivity contribution in [1.82, 2.24) is 10.3 Å². The topological polar surface area (TPSA) is 60.5 Å². The van der Waals surface area contributed by atoms with Crippen LogP contribution in [0.1, 0.15) is 15.9 Å². The molecule has 0 saturated heterocycles. The number of carbonyl (C=O) groups excluding carboxylic acids is 1. The molecule has 0 unspecified atom stereocenters. The lowest BCUT2D eigenvalue weighted by Gasteiger charge is -2.09. The Balaban J connectivity index is 2.04. The fourth-order valence-corrected chi connectivity index (χ4v) is 1.79. The molecule has 2 aromatic rings. The second-order valence-corrected chi connectivity index (χ2v) is 4.09. The molecule has 0 fully saturated rings. The van der Waals surface area contributed by atoms with Gasteiger partial charge in [-0.15, -0.1) is 0 Å². The van der Waals surface area contributed by atoms with E-state index in [9.17, 15) is 4.79 Å². The van der Waals surface area contributed by atoms with Gasteiger partial charge in [-0.05, 0) is 29.8 Å². The van der Waals surface area contributed by atoms with E-state index < -0.39 is 0 Å². The highest BCUT2D eigenvalue weighted by Crippen LogP contribution is 2.15. The van der Waals surface area contributed by atoms with E-state index in [1.165, 1.54) is 7.11 Å². The first-order valence-corrected chi connectivity index (χ1v) is 6.14. The smallest absolute Gasteiger partial charge is 0.257 e. The molecule has 1 amide bonds. The number of methoxy groups -OCH3 is 2. The van der Waals surface area contributed by atoms with Gasteiger partial charge in [0.2, 0.25) is 5.88 Å². The number of amides is 1. The molecule has 0 radical (unpaired) electrons. The number of pyridine rings is 1. The van der Waals surface area contributed by atoms with Crippen molar-refractivity contribution in [3.05, 3.63) is 53.7 Å². The van der Waals surface area contributed by atoms with E-state index in [0.717, 1.165) is 11.3 Å². The zero-order valence-corrected chi connectivity index (χ0v) is 11.4. The summed E-state index contributed by atoms with van der Waals surface area (Å²) in [5.41, 5.74) is 1.37. The Morgan fingerprint density at radius 1 is 1.20 bits per heavy atom. The zero-order valence-electron chi connectivity index (χ0n) is 11.4. The van der Waals surface area contributed by atoms with E-state index >= 15 is 0 Å². The number of carbonyl (C=O) groups is 1. The van der Waals surface area contributed by atoms with Crippen LogP contribution in [-0.2, 0) is 6.54 Å². The van der Waals surface area contributed by atoms with Crippen molar-refractivity contribution >= 4 is 5.91 Å². The lowest BCUT2D eigenvalue weighted by atomic mass is 10.2. The predicted molar refractivity (Wildman–Crippen MR) is 75.0 cm³/mol. The van der Waals surface area contributed by atoms with Crippen molar-refractivity contribution in [2.75, 3.05) is 14.2 Å². The highest BCUT2D eigenvalue weighted by atomic mass is 16.5. The van der Waals surface area contributed by atoms with Crippen LogP contribution in [0.3, 0.4) is 0 Å². The van der Waals surface area contributed by atoms with Crippen molar-refractivity contribution in [3.63, 3.8) is 0 Å². The molecule has 0 aliphatic heterocycles. The fraction of sp³-hybridized carbons (Fsp3) is 0.200. The molecule has 1 N–H and O–H groups in total. The highest BCUT2D eigenvalue weighted by molar-refractivity contribution is 5.96. The van der Waals surface area contributed by atoms with Gasteiger partial charge in [-0.3, -0.25) is 4.79 Å². The third kappa shape index (κ3) is 3.26. The Kier molecular flexibility index (Phi) is 4.55. The van der Waals surface area contributed by atoms with Gasteiger partial charge in [0.25, 0.3) is 5.91 Å². The fourth-order valence-electron chi connectivity index (χ4n) is 1.79. The van der Waals surface area contributed by atoms with Crippen LogP contribution in [0.15, 0.2) is 42.6 Å². The molecular formula is C15H16N2O3. The van der Waals surface area contributed by atoms with E-state index in [-0.39, 0.29) is 5.91 Å². The summed E-state index contributed by atoms with van der Waals surface area (Å²) in [6.07, 6.45) is 1.58. The first kappa shape index (κ1) is 13.9. The summed E-state index contributed by atoms with van der Waals surface area (Å²) in [7, 11) is 3.10. The van der Waals surface area contributed by atoms with Crippen LogP contribution in [0, 0.1) is 0 Å². The standard InChI is InChI=1S/C15H16N2O3/c1-19-12-6-3-5-11(9-12)10-17-14(18)13-7-4-8-16-15(13)20-2/h3-9H,10H2,1-2H3,(H,17,18). The minimum absolute atomic E-state index is 0.224. The van der Waals surface area contributed by atoms with Crippen LogP contribution in [0.5, 0.6) is 11.6 Å². The predicted octanol–water partition coefficient (Wildman–Crippen LogP) is 2.03. The molecule has 0 aliphatic rings. The summed E-state index contributed by atoms with van der Waals surface area (Å²) in [5, 5.41) is 2.83. The van der Waals surface area contributed by atoms with Gasteiger partial charge in [0, 0.05) is 12.7 Å². The lowest BCUT2D eigenvalue weighted by Crippen LogP contribution is -2.23. The molecular weight excluding hydrogens is 256 g/mol. The SMILES string of the molecule is COc1cccc(CNC(=O)c2cccnc2OC)c1. The van der Waals surface area contributed by atoms with Crippen molar-refractivity contribution in [2.24, 2.45) is 0 Å². The quantitative estimate of drug-likeness (QED) is 0.904. The average Bonchev–Trinajstić information content (AvgIpc) is 2.52. The van der Waals surface area contributed by atoms with E-state index in [4.69, 9.17) is 9.47 Å². The molecule has 0 bridgehead atoms. The Bertz CT molecular complexity index is 599. The van der Waals surface area contributed by atoms with Crippen molar-refractivity contribution in [2.45, 2.75) is 6.54 Å². The maximum Gasteiger partial charge on any atom is 0.257 e. The molecule has 0 atom stereocenters. The van der Waals surface area contributed by atoms with Gasteiger partial charge < -0.3 is 14.8 Å². The van der Waals surface area contributed by atoms with Gasteiger partial charge in [0.05, 0.1) is 14.2 Å². The van der Waals surface area contributed by atoms with Gasteiger partial charge in [0.1, 0.15) is 11.3 Å². The summed E-state index contributed by atoms with van der Waals surface area (Å²) in [4.78, 5) is 16.1. The second kappa shape index (κ2) is 6.56. The van der Waals surface area contributed by atoms with Crippen molar-refractivity contribution < 1.29 is 14.3 Å². The van der Waals surface area contributed by atoms with Crippen LogP contribution in [0.2, 0.25) is 0 Å². The number of aromatic nitrogens is 1. The third-order valence-electron chi connectivity index (χ3n) is 2.80. The molecule has 1 aromatic heterocycles. The van der Waals surface area contributed by atoms with Crippen molar-refractivity contribution in [3.8, 4) is 11.6 Å². The maximum atomic E-state index is 12.1. The molecule has 1 aromatic carbocycles. The molecule has 5 heteroatoms. The molecule has 20 heavy (non-hydrogen) atoms. The number of rotatable bonds is 5. The summed E-state index contributed by atoms with van der Waals surface area (Å²) in [5.74, 6) is 0.851. The van der Waals surface area contributed by atoms with Crippen LogP contribution in [0.25, 0.3) is 0 Å². The number of hydrogen-bond acceptors (Lipinski definition) is 4. The van der Waals surface area contributed by atoms with Crippen molar-refractivity contribution in [1.29, 1.82) is 0 Å². The maximum absolute atomic E-state index is 12.1. The van der Waals surface area contributed by atoms with E-state index in [1.54, 1.807) is 25.4 Å². The minimum Gasteiger partial charge on any atom is -0.497 e. The molecule has 104 valence electrons. The third-order valence-corrected chi connectivity index (χ3v) is 2.80. The van der Waals surface area contributed by atoms with Gasteiger partial charge in [-0.25, -0.2) is 4.98 Å². The number of nitrogens with one attached hydrogen (secondary N) is 1. The van der Waals surface area contributed by atoms with Gasteiger partial charge >= 0.3 is 0 Å². The zero-order chi connectivity index (χ0) is 14.4. The van der Waals surface area contributed by atoms with Crippen LogP contribution in [-0.4, -0.2) is 25.1 Å². The minimum atomic E-state index is -0.224. The number of ether oxygens (including phenoxy) is 2. The van der Waals surface area contributed by atoms with E-state index in [1.807, 2.05) is 24.3 Å². The second-order valence-electron chi connectivity index (χ2n) is 4.09. The summed E-state index contributed by atoms with van der Waals surface area (Å²) in [6.45, 7) is 0.411. The number of benzene rings is 1. The number of hydrogen-bond donors (Lipinski definition) is 1. The van der Waals surface area contributed by atoms with Gasteiger partial charge in [-0.2, -0.15) is 0 Å². The highest BCUT2D eigenvalue weighted by Gasteiger charge is 2.12. The summed E-state index contributed by atoms with van der Waals surface area (Å²) < 4.78 is 10.2. The summed E-state index contributed by atoms with van der Waals surface area (Å²) >= 11 is 0. The van der Waals surface area contributed by atoms with Gasteiger partial charge in [0.15, 0.2) is 0 Å². The lowest BCUT2D eigenvalue weighted by molar-refractivity contribution is 0.0947. The van der Waals surface area contributed by atoms with Crippen LogP contribution >= 0.6 is 0 Å². The molecule has 2 rings (SSSR count). The summed E-state index contributed by atoms with van der Waals surface area (Å²) in [6, 6.07) is 10.9. The van der Waals surface area contributed by atoms with E-state index in [0.29, 0.717) is 18.0 Å². The molecule has 0 aliphatic carbocycles. The largest absolute Gasteiger partial charge is 0.497 e. The van der Waals surface area contributed by atoms with E-state index in [2.05, 4.69) is 10.3 Å². The van der Waals surface area contributed by atoms with Gasteiger partial charge in [-0.1, -0.05) is 12.1 Å². The first-order chi connectivity index (χ1) is 9.74. The molecule has 1 heterocycles. The Labute approximate surface area is 117 Å². The Morgan fingerprint density at radius 2 is 2.05 bits per heavy atom. The van der Waals surface area contributed by atoms with Crippen LogP contribution in [0.4, 0.5) is 0 Å². The average molecular weight is 272 g/mol.